The Balaban J connectivity index is 2.06. The maximum atomic E-state index is 5.27. The second kappa shape index (κ2) is 9.53. The molecule has 0 radical (unpaired) electrons. The van der Waals surface area contributed by atoms with E-state index in [1.807, 2.05) is 0 Å². The van der Waals surface area contributed by atoms with Crippen LogP contribution in [0, 0.1) is 0 Å². The van der Waals surface area contributed by atoms with E-state index in [-0.39, 0.29) is 0 Å². The standard InChI is InChI=1S/C13H27N3OS/c1-12(11-16-8-4-3-5-9-16)15-13(18)14-7-6-10-17-2/h12H,3-11H2,1-2H3,(H2,14,15,18). The predicted octanol–water partition coefficient (Wildman–Crippen LogP) is 1.36. The summed E-state index contributed by atoms with van der Waals surface area (Å²) in [5.41, 5.74) is 0. The van der Waals surface area contributed by atoms with Crippen molar-refractivity contribution in [3.8, 4) is 0 Å². The Labute approximate surface area is 116 Å². The summed E-state index contributed by atoms with van der Waals surface area (Å²) in [6, 6.07) is 0.408. The first-order chi connectivity index (χ1) is 8.72. The zero-order valence-electron chi connectivity index (χ0n) is 11.7. The number of piperidine rings is 1. The van der Waals surface area contributed by atoms with Crippen LogP contribution in [0.3, 0.4) is 0 Å². The van der Waals surface area contributed by atoms with E-state index in [4.69, 9.17) is 17.0 Å². The number of nitrogens with zero attached hydrogens (tertiary/aromatic N) is 1. The van der Waals surface area contributed by atoms with E-state index in [0.717, 1.165) is 31.2 Å². The third kappa shape index (κ3) is 7.13. The van der Waals surface area contributed by atoms with Gasteiger partial charge in [0.25, 0.3) is 0 Å². The lowest BCUT2D eigenvalue weighted by molar-refractivity contribution is 0.195. The summed E-state index contributed by atoms with van der Waals surface area (Å²) in [6.07, 6.45) is 5.05. The van der Waals surface area contributed by atoms with Crippen LogP contribution in [0.4, 0.5) is 0 Å². The van der Waals surface area contributed by atoms with Crippen LogP contribution in [0.5, 0.6) is 0 Å². The van der Waals surface area contributed by atoms with Gasteiger partial charge in [-0.05, 0) is 51.5 Å². The van der Waals surface area contributed by atoms with Crippen LogP contribution in [0.15, 0.2) is 0 Å². The Morgan fingerprint density at radius 1 is 1.33 bits per heavy atom. The highest BCUT2D eigenvalue weighted by molar-refractivity contribution is 7.80. The molecule has 0 saturated carbocycles. The van der Waals surface area contributed by atoms with Gasteiger partial charge in [-0.25, -0.2) is 0 Å². The molecule has 0 bridgehead atoms. The van der Waals surface area contributed by atoms with Crippen LogP contribution in [0.1, 0.15) is 32.6 Å². The third-order valence-electron chi connectivity index (χ3n) is 3.17. The molecule has 1 atom stereocenters. The molecule has 1 unspecified atom stereocenters. The summed E-state index contributed by atoms with van der Waals surface area (Å²) < 4.78 is 4.99. The number of thiocarbonyl (C=S) groups is 1. The third-order valence-corrected chi connectivity index (χ3v) is 3.43. The van der Waals surface area contributed by atoms with Crippen molar-refractivity contribution in [1.29, 1.82) is 0 Å². The average molecular weight is 273 g/mol. The van der Waals surface area contributed by atoms with Gasteiger partial charge in [0.1, 0.15) is 0 Å². The highest BCUT2D eigenvalue weighted by Gasteiger charge is 2.13. The molecule has 4 nitrogen and oxygen atoms in total. The van der Waals surface area contributed by atoms with Crippen molar-refractivity contribution in [3.63, 3.8) is 0 Å². The van der Waals surface area contributed by atoms with Crippen LogP contribution < -0.4 is 10.6 Å². The number of hydrogen-bond donors (Lipinski definition) is 2. The van der Waals surface area contributed by atoms with Crippen molar-refractivity contribution < 1.29 is 4.74 Å². The predicted molar refractivity (Wildman–Crippen MR) is 80.0 cm³/mol. The SMILES string of the molecule is COCCCNC(=S)NC(C)CN1CCCCC1. The van der Waals surface area contributed by atoms with Crippen molar-refractivity contribution in [1.82, 2.24) is 15.5 Å². The van der Waals surface area contributed by atoms with Crippen molar-refractivity contribution in [3.05, 3.63) is 0 Å². The molecule has 1 fully saturated rings. The molecule has 0 aromatic heterocycles. The van der Waals surface area contributed by atoms with E-state index in [0.29, 0.717) is 6.04 Å². The molecule has 1 aliphatic heterocycles. The molecule has 1 aliphatic rings. The van der Waals surface area contributed by atoms with E-state index in [1.54, 1.807) is 7.11 Å². The fourth-order valence-electron chi connectivity index (χ4n) is 2.27. The second-order valence-electron chi connectivity index (χ2n) is 5.01. The molecule has 0 aromatic carbocycles. The molecule has 1 saturated heterocycles. The normalized spacial score (nSPS) is 18.3. The van der Waals surface area contributed by atoms with Crippen LogP contribution >= 0.6 is 12.2 Å². The quantitative estimate of drug-likeness (QED) is 0.541. The maximum Gasteiger partial charge on any atom is 0.166 e. The number of hydrogen-bond acceptors (Lipinski definition) is 3. The molecular formula is C13H27N3OS. The molecule has 18 heavy (non-hydrogen) atoms. The van der Waals surface area contributed by atoms with E-state index < -0.39 is 0 Å². The van der Waals surface area contributed by atoms with E-state index in [9.17, 15) is 0 Å². The molecule has 106 valence electrons. The van der Waals surface area contributed by atoms with Crippen molar-refractivity contribution in [2.45, 2.75) is 38.6 Å². The number of nitrogens with one attached hydrogen (secondary N) is 2. The lowest BCUT2D eigenvalue weighted by Gasteiger charge is -2.29. The first kappa shape index (κ1) is 15.7. The Kier molecular flexibility index (Phi) is 8.29. The summed E-state index contributed by atoms with van der Waals surface area (Å²) in [4.78, 5) is 2.52. The summed E-state index contributed by atoms with van der Waals surface area (Å²) in [6.45, 7) is 7.40. The Morgan fingerprint density at radius 3 is 2.72 bits per heavy atom. The summed E-state index contributed by atoms with van der Waals surface area (Å²) in [5, 5.41) is 7.31. The van der Waals surface area contributed by atoms with Crippen molar-refractivity contribution in [2.75, 3.05) is 39.9 Å². The van der Waals surface area contributed by atoms with Gasteiger partial charge in [0, 0.05) is 32.8 Å². The minimum Gasteiger partial charge on any atom is -0.385 e. The van der Waals surface area contributed by atoms with Gasteiger partial charge in [-0.1, -0.05) is 6.42 Å². The lowest BCUT2D eigenvalue weighted by atomic mass is 10.1. The molecule has 0 amide bonds. The minimum atomic E-state index is 0.408. The fraction of sp³-hybridized carbons (Fsp3) is 0.923. The number of ether oxygens (including phenoxy) is 1. The van der Waals surface area contributed by atoms with Gasteiger partial charge in [0.05, 0.1) is 0 Å². The topological polar surface area (TPSA) is 36.5 Å². The number of likely N-dealkylation sites (tertiary alicyclic amines) is 1. The first-order valence-electron chi connectivity index (χ1n) is 6.98. The van der Waals surface area contributed by atoms with Gasteiger partial charge < -0.3 is 20.3 Å². The molecule has 1 heterocycles. The zero-order valence-corrected chi connectivity index (χ0v) is 12.5. The summed E-state index contributed by atoms with van der Waals surface area (Å²) >= 11 is 5.27. The molecule has 2 N–H and O–H groups in total. The Bertz CT molecular complexity index is 232. The van der Waals surface area contributed by atoms with Gasteiger partial charge in [0.2, 0.25) is 0 Å². The minimum absolute atomic E-state index is 0.408. The van der Waals surface area contributed by atoms with Crippen LogP contribution in [0.2, 0.25) is 0 Å². The molecule has 1 rings (SSSR count). The maximum absolute atomic E-state index is 5.27. The molecule has 0 spiro atoms. The van der Waals surface area contributed by atoms with E-state index >= 15 is 0 Å². The van der Waals surface area contributed by atoms with Gasteiger partial charge in [-0.15, -0.1) is 0 Å². The van der Waals surface area contributed by atoms with Crippen LogP contribution in [0.25, 0.3) is 0 Å². The summed E-state index contributed by atoms with van der Waals surface area (Å²) in [7, 11) is 1.72. The number of methoxy groups -OCH3 is 1. The van der Waals surface area contributed by atoms with E-state index in [2.05, 4.69) is 22.5 Å². The average Bonchev–Trinajstić information content (AvgIpc) is 2.35. The van der Waals surface area contributed by atoms with Crippen LogP contribution in [-0.4, -0.2) is 55.9 Å². The van der Waals surface area contributed by atoms with Crippen LogP contribution in [-0.2, 0) is 4.74 Å². The first-order valence-corrected chi connectivity index (χ1v) is 7.39. The summed E-state index contributed by atoms with van der Waals surface area (Å²) in [5.74, 6) is 0. The van der Waals surface area contributed by atoms with Gasteiger partial charge in [0.15, 0.2) is 5.11 Å². The highest BCUT2D eigenvalue weighted by atomic mass is 32.1. The monoisotopic (exact) mass is 273 g/mol. The Hall–Kier alpha value is -0.390. The van der Waals surface area contributed by atoms with Crippen molar-refractivity contribution >= 4 is 17.3 Å². The lowest BCUT2D eigenvalue weighted by Crippen LogP contribution is -2.47. The number of rotatable bonds is 7. The zero-order chi connectivity index (χ0) is 13.2. The Morgan fingerprint density at radius 2 is 2.06 bits per heavy atom. The largest absolute Gasteiger partial charge is 0.385 e. The van der Waals surface area contributed by atoms with Gasteiger partial charge >= 0.3 is 0 Å². The molecule has 0 aliphatic carbocycles. The smallest absolute Gasteiger partial charge is 0.166 e. The highest BCUT2D eigenvalue weighted by Crippen LogP contribution is 2.08. The van der Waals surface area contributed by atoms with Crippen molar-refractivity contribution in [2.24, 2.45) is 0 Å². The molecule has 5 heteroatoms. The second-order valence-corrected chi connectivity index (χ2v) is 5.42. The van der Waals surface area contributed by atoms with E-state index in [1.165, 1.54) is 32.4 Å². The molecular weight excluding hydrogens is 246 g/mol. The fourth-order valence-corrected chi connectivity index (χ4v) is 2.57. The van der Waals surface area contributed by atoms with Gasteiger partial charge in [-0.2, -0.15) is 0 Å². The van der Waals surface area contributed by atoms with Gasteiger partial charge in [-0.3, -0.25) is 0 Å². The molecule has 0 aromatic rings.